The number of anilines is 1. The molecule has 20 heavy (non-hydrogen) atoms. The summed E-state index contributed by atoms with van der Waals surface area (Å²) >= 11 is 0. The first-order valence-electron chi connectivity index (χ1n) is 6.12. The van der Waals surface area contributed by atoms with Crippen LogP contribution in [0.25, 0.3) is 5.65 Å². The van der Waals surface area contributed by atoms with E-state index < -0.39 is 5.82 Å². The van der Waals surface area contributed by atoms with Crippen molar-refractivity contribution in [1.29, 1.82) is 5.26 Å². The van der Waals surface area contributed by atoms with Crippen LogP contribution in [0.1, 0.15) is 11.3 Å². The minimum atomic E-state index is -0.417. The minimum Gasteiger partial charge on any atom is -0.378 e. The Bertz CT molecular complexity index is 768. The summed E-state index contributed by atoms with van der Waals surface area (Å²) in [5.41, 5.74) is 2.60. The molecule has 2 aromatic heterocycles. The van der Waals surface area contributed by atoms with E-state index in [4.69, 9.17) is 5.26 Å². The van der Waals surface area contributed by atoms with Crippen LogP contribution in [0.15, 0.2) is 48.8 Å². The normalized spacial score (nSPS) is 10.4. The molecule has 1 aromatic carbocycles. The van der Waals surface area contributed by atoms with Crippen molar-refractivity contribution in [3.63, 3.8) is 0 Å². The highest BCUT2D eigenvalue weighted by molar-refractivity contribution is 5.57. The topological polar surface area (TPSA) is 53.1 Å². The van der Waals surface area contributed by atoms with Crippen LogP contribution in [0.2, 0.25) is 0 Å². The van der Waals surface area contributed by atoms with Crippen LogP contribution in [-0.4, -0.2) is 9.38 Å². The highest BCUT2D eigenvalue weighted by Gasteiger charge is 2.05. The third kappa shape index (κ3) is 2.31. The van der Waals surface area contributed by atoms with E-state index in [1.807, 2.05) is 41.1 Å². The van der Waals surface area contributed by atoms with Crippen LogP contribution in [0.5, 0.6) is 0 Å². The number of fused-ring (bicyclic) bond motifs is 1. The van der Waals surface area contributed by atoms with Gasteiger partial charge in [0, 0.05) is 12.4 Å². The van der Waals surface area contributed by atoms with Crippen LogP contribution >= 0.6 is 0 Å². The number of aromatic nitrogens is 2. The molecule has 0 fully saturated rings. The van der Waals surface area contributed by atoms with E-state index in [0.29, 0.717) is 12.2 Å². The van der Waals surface area contributed by atoms with Crippen molar-refractivity contribution < 1.29 is 4.39 Å². The average Bonchev–Trinajstić information content (AvgIpc) is 2.88. The third-order valence-corrected chi connectivity index (χ3v) is 2.98. The molecule has 5 heteroatoms. The second-order valence-electron chi connectivity index (χ2n) is 4.35. The molecule has 0 aliphatic rings. The first-order chi connectivity index (χ1) is 9.76. The second-order valence-corrected chi connectivity index (χ2v) is 4.35. The number of nitrogens with one attached hydrogen (secondary N) is 1. The number of nitriles is 1. The van der Waals surface area contributed by atoms with Gasteiger partial charge in [-0.3, -0.25) is 0 Å². The van der Waals surface area contributed by atoms with E-state index in [1.165, 1.54) is 12.1 Å². The predicted octanol–water partition coefficient (Wildman–Crippen LogP) is 2.96. The molecule has 3 aromatic rings. The van der Waals surface area contributed by atoms with Gasteiger partial charge in [0.2, 0.25) is 0 Å². The van der Waals surface area contributed by atoms with Gasteiger partial charge in [0.1, 0.15) is 17.5 Å². The van der Waals surface area contributed by atoms with Gasteiger partial charge in [0.25, 0.3) is 0 Å². The monoisotopic (exact) mass is 266 g/mol. The summed E-state index contributed by atoms with van der Waals surface area (Å²) in [6.07, 6.45) is 3.84. The number of hydrogen-bond donors (Lipinski definition) is 1. The van der Waals surface area contributed by atoms with Crippen LogP contribution < -0.4 is 5.32 Å². The fourth-order valence-electron chi connectivity index (χ4n) is 2.02. The third-order valence-electron chi connectivity index (χ3n) is 2.98. The van der Waals surface area contributed by atoms with Gasteiger partial charge in [-0.25, -0.2) is 9.37 Å². The molecule has 4 nitrogen and oxygen atoms in total. The number of imidazole rings is 1. The van der Waals surface area contributed by atoms with Crippen molar-refractivity contribution in [1.82, 2.24) is 9.38 Å². The second kappa shape index (κ2) is 5.02. The maximum atomic E-state index is 13.0. The Kier molecular flexibility index (Phi) is 3.05. The number of nitrogens with zero attached hydrogens (tertiary/aromatic N) is 3. The highest BCUT2D eigenvalue weighted by atomic mass is 19.1. The van der Waals surface area contributed by atoms with Crippen molar-refractivity contribution >= 4 is 11.3 Å². The number of hydrogen-bond acceptors (Lipinski definition) is 3. The molecule has 2 heterocycles. The first-order valence-corrected chi connectivity index (χ1v) is 6.12. The molecule has 0 amide bonds. The Labute approximate surface area is 115 Å². The lowest BCUT2D eigenvalue weighted by Gasteiger charge is -2.06. The van der Waals surface area contributed by atoms with E-state index in [9.17, 15) is 4.39 Å². The number of pyridine rings is 1. The smallest absolute Gasteiger partial charge is 0.137 e. The first kappa shape index (κ1) is 12.2. The van der Waals surface area contributed by atoms with Crippen molar-refractivity contribution in [3.8, 4) is 6.07 Å². The Morgan fingerprint density at radius 1 is 1.30 bits per heavy atom. The van der Waals surface area contributed by atoms with E-state index in [0.717, 1.165) is 11.3 Å². The van der Waals surface area contributed by atoms with Crippen LogP contribution in [0.4, 0.5) is 10.1 Å². The summed E-state index contributed by atoms with van der Waals surface area (Å²) in [7, 11) is 0. The summed E-state index contributed by atoms with van der Waals surface area (Å²) < 4.78 is 15.0. The summed E-state index contributed by atoms with van der Waals surface area (Å²) in [5.74, 6) is -0.417. The molecular formula is C15H11FN4. The van der Waals surface area contributed by atoms with Crippen LogP contribution in [0.3, 0.4) is 0 Å². The zero-order chi connectivity index (χ0) is 13.9. The van der Waals surface area contributed by atoms with Crippen molar-refractivity contribution in [3.05, 3.63) is 65.9 Å². The van der Waals surface area contributed by atoms with E-state index in [1.54, 1.807) is 6.07 Å². The predicted molar refractivity (Wildman–Crippen MR) is 73.6 cm³/mol. The molecule has 1 N–H and O–H groups in total. The molecule has 0 saturated carbocycles. The van der Waals surface area contributed by atoms with Gasteiger partial charge in [0.15, 0.2) is 0 Å². The Morgan fingerprint density at radius 2 is 2.20 bits per heavy atom. The van der Waals surface area contributed by atoms with Crippen molar-refractivity contribution in [2.45, 2.75) is 6.54 Å². The SMILES string of the molecule is N#Cc1cc(F)ccc1NCc1cn2ccccc2n1. The van der Waals surface area contributed by atoms with Crippen molar-refractivity contribution in [2.75, 3.05) is 5.32 Å². The van der Waals surface area contributed by atoms with Gasteiger partial charge in [0.05, 0.1) is 23.5 Å². The Morgan fingerprint density at radius 3 is 3.00 bits per heavy atom. The molecule has 0 atom stereocenters. The quantitative estimate of drug-likeness (QED) is 0.793. The largest absolute Gasteiger partial charge is 0.378 e. The van der Waals surface area contributed by atoms with Gasteiger partial charge >= 0.3 is 0 Å². The Hall–Kier alpha value is -2.87. The average molecular weight is 266 g/mol. The number of rotatable bonds is 3. The summed E-state index contributed by atoms with van der Waals surface area (Å²) in [6.45, 7) is 0.474. The van der Waals surface area contributed by atoms with Crippen molar-refractivity contribution in [2.24, 2.45) is 0 Å². The zero-order valence-corrected chi connectivity index (χ0v) is 10.5. The van der Waals surface area contributed by atoms with Gasteiger partial charge < -0.3 is 9.72 Å². The molecule has 0 saturated heterocycles. The maximum absolute atomic E-state index is 13.0. The summed E-state index contributed by atoms with van der Waals surface area (Å²) in [6, 6.07) is 11.8. The van der Waals surface area contributed by atoms with Gasteiger partial charge in [-0.05, 0) is 30.3 Å². The molecule has 0 bridgehead atoms. The molecule has 98 valence electrons. The zero-order valence-electron chi connectivity index (χ0n) is 10.5. The molecule has 0 aliphatic heterocycles. The fourth-order valence-corrected chi connectivity index (χ4v) is 2.02. The van der Waals surface area contributed by atoms with Gasteiger partial charge in [-0.1, -0.05) is 6.07 Å². The number of benzene rings is 1. The van der Waals surface area contributed by atoms with E-state index in [-0.39, 0.29) is 5.56 Å². The van der Waals surface area contributed by atoms with Crippen LogP contribution in [0, 0.1) is 17.1 Å². The highest BCUT2D eigenvalue weighted by Crippen LogP contribution is 2.17. The fraction of sp³-hybridized carbons (Fsp3) is 0.0667. The van der Waals surface area contributed by atoms with E-state index >= 15 is 0 Å². The molecular weight excluding hydrogens is 255 g/mol. The van der Waals surface area contributed by atoms with Crippen LogP contribution in [-0.2, 0) is 6.54 Å². The lowest BCUT2D eigenvalue weighted by atomic mass is 10.2. The maximum Gasteiger partial charge on any atom is 0.137 e. The molecule has 0 spiro atoms. The standard InChI is InChI=1S/C15H11FN4/c16-12-4-5-14(11(7-12)8-17)18-9-13-10-20-6-2-1-3-15(20)19-13/h1-7,10,18H,9H2. The van der Waals surface area contributed by atoms with Gasteiger partial charge in [-0.15, -0.1) is 0 Å². The minimum absolute atomic E-state index is 0.286. The summed E-state index contributed by atoms with van der Waals surface area (Å²) in [4.78, 5) is 4.44. The van der Waals surface area contributed by atoms with E-state index in [2.05, 4.69) is 10.3 Å². The molecule has 0 aliphatic carbocycles. The molecule has 3 rings (SSSR count). The van der Waals surface area contributed by atoms with Gasteiger partial charge in [-0.2, -0.15) is 5.26 Å². The lowest BCUT2D eigenvalue weighted by molar-refractivity contribution is 0.627. The molecule has 0 radical (unpaired) electrons. The lowest BCUT2D eigenvalue weighted by Crippen LogP contribution is -2.01. The molecule has 0 unspecified atom stereocenters. The Balaban J connectivity index is 1.81. The number of halogens is 1. The summed E-state index contributed by atoms with van der Waals surface area (Å²) in [5, 5.41) is 12.1.